The molecular formula is C18H22FN3O2. The van der Waals surface area contributed by atoms with Crippen molar-refractivity contribution < 1.29 is 13.9 Å². The second-order valence-electron chi connectivity index (χ2n) is 6.66. The first kappa shape index (κ1) is 16.9. The first-order valence-corrected chi connectivity index (χ1v) is 8.40. The molecule has 0 aliphatic carbocycles. The summed E-state index contributed by atoms with van der Waals surface area (Å²) in [6, 6.07) is 6.42. The van der Waals surface area contributed by atoms with E-state index >= 15 is 0 Å². The Labute approximate surface area is 141 Å². The van der Waals surface area contributed by atoms with Crippen molar-refractivity contribution in [3.05, 3.63) is 35.1 Å². The van der Waals surface area contributed by atoms with Gasteiger partial charge in [0, 0.05) is 13.2 Å². The summed E-state index contributed by atoms with van der Waals surface area (Å²) < 4.78 is 19.0. The Morgan fingerprint density at radius 2 is 2.12 bits per heavy atom. The van der Waals surface area contributed by atoms with Crippen LogP contribution in [0.25, 0.3) is 0 Å². The van der Waals surface area contributed by atoms with E-state index in [4.69, 9.17) is 15.7 Å². The van der Waals surface area contributed by atoms with Gasteiger partial charge >= 0.3 is 0 Å². The summed E-state index contributed by atoms with van der Waals surface area (Å²) in [6.07, 6.45) is 2.56. The number of amides is 1. The lowest BCUT2D eigenvalue weighted by molar-refractivity contribution is -0.124. The van der Waals surface area contributed by atoms with Gasteiger partial charge in [-0.1, -0.05) is 6.07 Å². The van der Waals surface area contributed by atoms with Gasteiger partial charge in [0.15, 0.2) is 0 Å². The molecule has 0 spiro atoms. The number of nitrogens with zero attached hydrogens (tertiary/aromatic N) is 2. The highest BCUT2D eigenvalue weighted by Gasteiger charge is 2.39. The maximum atomic E-state index is 13.2. The van der Waals surface area contributed by atoms with Crippen LogP contribution in [0.2, 0.25) is 0 Å². The van der Waals surface area contributed by atoms with Crippen LogP contribution in [0.5, 0.6) is 0 Å². The predicted octanol–water partition coefficient (Wildman–Crippen LogP) is 1.80. The van der Waals surface area contributed by atoms with Crippen LogP contribution in [0.3, 0.4) is 0 Å². The molecule has 2 aliphatic rings. The summed E-state index contributed by atoms with van der Waals surface area (Å²) in [6.45, 7) is 3.00. The third-order valence-electron chi connectivity index (χ3n) is 5.18. The van der Waals surface area contributed by atoms with E-state index in [0.717, 1.165) is 37.9 Å². The second-order valence-corrected chi connectivity index (χ2v) is 6.66. The maximum Gasteiger partial charge on any atom is 0.223 e. The van der Waals surface area contributed by atoms with Gasteiger partial charge in [-0.2, -0.15) is 5.26 Å². The molecule has 0 unspecified atom stereocenters. The van der Waals surface area contributed by atoms with Crippen molar-refractivity contribution in [1.82, 2.24) is 4.90 Å². The first-order chi connectivity index (χ1) is 11.6. The molecule has 0 radical (unpaired) electrons. The first-order valence-electron chi connectivity index (χ1n) is 8.40. The maximum absolute atomic E-state index is 13.2. The molecule has 0 saturated carbocycles. The third-order valence-corrected chi connectivity index (χ3v) is 5.18. The fourth-order valence-electron chi connectivity index (χ4n) is 3.85. The molecule has 2 heterocycles. The minimum absolute atomic E-state index is 0.0508. The lowest BCUT2D eigenvalue weighted by atomic mass is 9.84. The quantitative estimate of drug-likeness (QED) is 0.912. The molecule has 0 bridgehead atoms. The molecule has 2 saturated heterocycles. The van der Waals surface area contributed by atoms with Crippen LogP contribution in [0.15, 0.2) is 18.2 Å². The van der Waals surface area contributed by atoms with E-state index in [2.05, 4.69) is 11.0 Å². The number of hydrogen-bond acceptors (Lipinski definition) is 4. The number of piperidine rings is 1. The van der Waals surface area contributed by atoms with Crippen LogP contribution < -0.4 is 5.73 Å². The highest BCUT2D eigenvalue weighted by atomic mass is 19.1. The van der Waals surface area contributed by atoms with Crippen LogP contribution >= 0.6 is 0 Å². The van der Waals surface area contributed by atoms with Crippen molar-refractivity contribution >= 4 is 5.91 Å². The Kier molecular flexibility index (Phi) is 5.12. The average molecular weight is 331 g/mol. The van der Waals surface area contributed by atoms with Gasteiger partial charge in [-0.15, -0.1) is 0 Å². The molecule has 5 nitrogen and oxygen atoms in total. The van der Waals surface area contributed by atoms with Gasteiger partial charge in [0.1, 0.15) is 5.82 Å². The molecule has 1 aromatic carbocycles. The van der Waals surface area contributed by atoms with Crippen LogP contribution in [0, 0.1) is 29.0 Å². The van der Waals surface area contributed by atoms with Crippen LogP contribution in [0.1, 0.15) is 30.4 Å². The zero-order valence-electron chi connectivity index (χ0n) is 13.6. The number of hydrogen-bond donors (Lipinski definition) is 1. The second kappa shape index (κ2) is 7.29. The molecule has 1 aromatic rings. The highest BCUT2D eigenvalue weighted by Crippen LogP contribution is 2.33. The Morgan fingerprint density at radius 1 is 1.38 bits per heavy atom. The third kappa shape index (κ3) is 3.58. The van der Waals surface area contributed by atoms with E-state index in [1.165, 1.54) is 12.1 Å². The molecule has 128 valence electrons. The Bertz CT molecular complexity index is 650. The minimum Gasteiger partial charge on any atom is -0.377 e. The summed E-state index contributed by atoms with van der Waals surface area (Å²) in [4.78, 5) is 13.8. The molecule has 0 aromatic heterocycles. The van der Waals surface area contributed by atoms with Crippen molar-refractivity contribution in [3.8, 4) is 6.07 Å². The molecular weight excluding hydrogens is 309 g/mol. The van der Waals surface area contributed by atoms with Gasteiger partial charge in [0.2, 0.25) is 5.91 Å². The van der Waals surface area contributed by atoms with E-state index in [1.807, 2.05) is 0 Å². The zero-order chi connectivity index (χ0) is 17.1. The molecule has 6 heteroatoms. The molecule has 24 heavy (non-hydrogen) atoms. The predicted molar refractivity (Wildman–Crippen MR) is 86.2 cm³/mol. The van der Waals surface area contributed by atoms with Gasteiger partial charge < -0.3 is 10.5 Å². The monoisotopic (exact) mass is 331 g/mol. The Balaban J connectivity index is 1.58. The topological polar surface area (TPSA) is 79.3 Å². The van der Waals surface area contributed by atoms with E-state index in [9.17, 15) is 9.18 Å². The fraction of sp³-hybridized carbons (Fsp3) is 0.556. The SMILES string of the molecule is N#Cc1cc(F)ccc1CN1CCC([C@H]2OCC[C@@H]2C(N)=O)CC1. The molecule has 2 fully saturated rings. The average Bonchev–Trinajstić information content (AvgIpc) is 3.07. The normalized spacial score (nSPS) is 25.5. The minimum atomic E-state index is -0.384. The summed E-state index contributed by atoms with van der Waals surface area (Å²) in [7, 11) is 0. The molecule has 3 rings (SSSR count). The van der Waals surface area contributed by atoms with E-state index in [1.54, 1.807) is 6.07 Å². The zero-order valence-corrected chi connectivity index (χ0v) is 13.6. The number of likely N-dealkylation sites (tertiary alicyclic amines) is 1. The van der Waals surface area contributed by atoms with Crippen LogP contribution in [-0.4, -0.2) is 36.6 Å². The Hall–Kier alpha value is -1.97. The smallest absolute Gasteiger partial charge is 0.223 e. The number of primary amides is 1. The van der Waals surface area contributed by atoms with Crippen molar-refractivity contribution in [2.24, 2.45) is 17.6 Å². The van der Waals surface area contributed by atoms with Crippen molar-refractivity contribution in [2.75, 3.05) is 19.7 Å². The van der Waals surface area contributed by atoms with Gasteiger partial charge in [0.25, 0.3) is 0 Å². The summed E-state index contributed by atoms with van der Waals surface area (Å²) in [5.74, 6) is -0.455. The van der Waals surface area contributed by atoms with Crippen molar-refractivity contribution in [2.45, 2.75) is 31.9 Å². The lowest BCUT2D eigenvalue weighted by Gasteiger charge is -2.35. The number of halogens is 1. The number of rotatable bonds is 4. The number of benzene rings is 1. The van der Waals surface area contributed by atoms with Gasteiger partial charge in [-0.25, -0.2) is 4.39 Å². The number of carbonyl (C=O) groups excluding carboxylic acids is 1. The van der Waals surface area contributed by atoms with Gasteiger partial charge in [0.05, 0.1) is 23.7 Å². The number of nitriles is 1. The standard InChI is InChI=1S/C18H22FN3O2/c19-15-2-1-13(14(9-15)10-20)11-22-6-3-12(4-7-22)17-16(18(21)23)5-8-24-17/h1-2,9,12,16-17H,3-8,11H2,(H2,21,23)/t16-,17+/m0/s1. The Morgan fingerprint density at radius 3 is 2.79 bits per heavy atom. The number of ether oxygens (including phenoxy) is 1. The largest absolute Gasteiger partial charge is 0.377 e. The number of carbonyl (C=O) groups is 1. The summed E-state index contributed by atoms with van der Waals surface area (Å²) >= 11 is 0. The van der Waals surface area contributed by atoms with E-state index < -0.39 is 0 Å². The molecule has 2 aliphatic heterocycles. The van der Waals surface area contributed by atoms with Gasteiger partial charge in [-0.05, 0) is 56.0 Å². The van der Waals surface area contributed by atoms with Gasteiger partial charge in [-0.3, -0.25) is 9.69 Å². The summed E-state index contributed by atoms with van der Waals surface area (Å²) in [5.41, 5.74) is 6.72. The molecule has 2 N–H and O–H groups in total. The number of nitrogens with two attached hydrogens (primary N) is 1. The van der Waals surface area contributed by atoms with Crippen LogP contribution in [0.4, 0.5) is 4.39 Å². The summed E-state index contributed by atoms with van der Waals surface area (Å²) in [5, 5.41) is 9.14. The fourth-order valence-corrected chi connectivity index (χ4v) is 3.85. The van der Waals surface area contributed by atoms with E-state index in [0.29, 0.717) is 24.6 Å². The highest BCUT2D eigenvalue weighted by molar-refractivity contribution is 5.77. The lowest BCUT2D eigenvalue weighted by Crippen LogP contribution is -2.42. The van der Waals surface area contributed by atoms with Crippen molar-refractivity contribution in [1.29, 1.82) is 5.26 Å². The van der Waals surface area contributed by atoms with E-state index in [-0.39, 0.29) is 23.7 Å². The molecule has 2 atom stereocenters. The van der Waals surface area contributed by atoms with Crippen LogP contribution in [-0.2, 0) is 16.1 Å². The van der Waals surface area contributed by atoms with Crippen molar-refractivity contribution in [3.63, 3.8) is 0 Å². The molecule has 1 amide bonds.